The molecule has 99 heavy (non-hydrogen) atoms. The molecule has 0 spiro atoms. The number of carbonyl (C=O) groups excluding carboxylic acids is 5. The number of allylic oxidation sites excluding steroid dienone is 1. The molecule has 0 radical (unpaired) electrons. The molecule has 4 aliphatic carbocycles. The number of sulfonamides is 1. The molecule has 2 bridgehead atoms. The van der Waals surface area contributed by atoms with E-state index in [4.69, 9.17) is 0 Å². The lowest BCUT2D eigenvalue weighted by Crippen LogP contribution is -2.61. The van der Waals surface area contributed by atoms with Gasteiger partial charge in [0.25, 0.3) is 15.9 Å². The molecule has 6 atom stereocenters. The minimum absolute atomic E-state index is 0.00381. The maximum absolute atomic E-state index is 14.3. The number of aliphatic hydroxyl groups is 1. The number of anilines is 2. The second-order valence-corrected chi connectivity index (χ2v) is 35.3. The highest BCUT2D eigenvalue weighted by Gasteiger charge is 2.67. The number of nitrogens with one attached hydrogen (secondary N) is 5. The number of hydrogen-bond donors (Lipinski definition) is 6. The van der Waals surface area contributed by atoms with E-state index in [9.17, 15) is 37.5 Å². The van der Waals surface area contributed by atoms with Crippen molar-refractivity contribution in [3.8, 4) is 10.4 Å². The number of amides is 5. The van der Waals surface area contributed by atoms with Crippen LogP contribution in [0.1, 0.15) is 172 Å². The Morgan fingerprint density at radius 3 is 2.21 bits per heavy atom. The largest absolute Gasteiger partial charge is 0.391 e. The third-order valence-electron chi connectivity index (χ3n) is 21.8. The molecule has 3 aliphatic heterocycles. The number of thioether (sulfide) groups is 1. The van der Waals surface area contributed by atoms with Gasteiger partial charge in [-0.25, -0.2) is 18.1 Å². The molecule has 4 heterocycles. The normalized spacial score (nSPS) is 23.4. The first-order chi connectivity index (χ1) is 47.1. The van der Waals surface area contributed by atoms with Crippen LogP contribution < -0.4 is 30.9 Å². The predicted molar refractivity (Wildman–Crippen MR) is 396 cm³/mol. The van der Waals surface area contributed by atoms with Gasteiger partial charge in [0.1, 0.15) is 12.1 Å². The summed E-state index contributed by atoms with van der Waals surface area (Å²) in [6.45, 7) is 26.3. The zero-order valence-electron chi connectivity index (χ0n) is 59.7. The van der Waals surface area contributed by atoms with E-state index >= 15 is 0 Å². The van der Waals surface area contributed by atoms with Gasteiger partial charge in [0, 0.05) is 105 Å². The van der Waals surface area contributed by atoms with Crippen LogP contribution in [0.15, 0.2) is 124 Å². The fourth-order valence-corrected chi connectivity index (χ4v) is 19.1. The molecule has 534 valence electrons. The fraction of sp³-hybridized carbons (Fsp3) is 0.564. The summed E-state index contributed by atoms with van der Waals surface area (Å²) in [5.74, 6) is -1.00. The van der Waals surface area contributed by atoms with Crippen LogP contribution in [0.4, 0.5) is 11.4 Å². The number of benzene rings is 4. The van der Waals surface area contributed by atoms with Crippen molar-refractivity contribution in [1.82, 2.24) is 40.4 Å². The van der Waals surface area contributed by atoms with Gasteiger partial charge in [-0.3, -0.25) is 28.9 Å². The number of piperazine rings is 1. The van der Waals surface area contributed by atoms with Gasteiger partial charge in [0.05, 0.1) is 39.0 Å². The van der Waals surface area contributed by atoms with E-state index in [1.807, 2.05) is 102 Å². The van der Waals surface area contributed by atoms with E-state index in [-0.39, 0.29) is 65.6 Å². The number of hydrogen-bond acceptors (Lipinski definition) is 15. The first kappa shape index (κ1) is 73.6. The number of aromatic nitrogens is 1. The standard InChI is InChI=1S/C78H106N10O8S3/c1-52-41-64(99(95,96)84-72(92)57-24-26-61(27-25-57)87-39-37-86(38-40-87)44-58-30-33-76(7,8)43-65(58)78-48-77(9,49-78)50-78)28-29-66(52)82-60(47-97-63-17-13-12-14-18-63)32-36-85-35-31-59(45-85)71(91)79-34-16-11-10-15-19-68(90)83-70(75(4,5)6)74(94)88-46-62(89)42-67(88)73(93)81-53(2)55-20-22-56(23-21-55)69-54(3)80-51-98-69/h12-14,17-18,20-29,41,51,53,59-60,62,67,70,82,89H,10-11,15-16,19,30-40,42-50H2,1-9H3,(H,79,91)(H,81,93)(H,83,90)(H,84,92)/t53-,59-,60+,62+,67-,70+,77?,78?/m0/s1. The second kappa shape index (κ2) is 31.3. The maximum Gasteiger partial charge on any atom is 0.264 e. The third-order valence-corrected chi connectivity index (χ3v) is 25.3. The highest BCUT2D eigenvalue weighted by molar-refractivity contribution is 7.99. The summed E-state index contributed by atoms with van der Waals surface area (Å²) in [4.78, 5) is 83.8. The van der Waals surface area contributed by atoms with Crippen LogP contribution in [0.5, 0.6) is 0 Å². The van der Waals surface area contributed by atoms with Gasteiger partial charge in [0.2, 0.25) is 23.6 Å². The van der Waals surface area contributed by atoms with Crippen molar-refractivity contribution in [2.24, 2.45) is 27.6 Å². The molecule has 5 amide bonds. The Balaban J connectivity index is 0.589. The summed E-state index contributed by atoms with van der Waals surface area (Å²) in [6.07, 6.45) is 11.8. The van der Waals surface area contributed by atoms with Crippen molar-refractivity contribution in [3.63, 3.8) is 0 Å². The van der Waals surface area contributed by atoms with E-state index in [0.717, 1.165) is 127 Å². The van der Waals surface area contributed by atoms with Crippen LogP contribution in [0.3, 0.4) is 0 Å². The Morgan fingerprint density at radius 2 is 1.54 bits per heavy atom. The molecule has 5 aromatic rings. The average molecular weight is 1410 g/mol. The molecule has 7 aliphatic rings. The van der Waals surface area contributed by atoms with Gasteiger partial charge in [-0.1, -0.05) is 108 Å². The predicted octanol–water partition coefficient (Wildman–Crippen LogP) is 12.1. The molecule has 18 nitrogen and oxygen atoms in total. The summed E-state index contributed by atoms with van der Waals surface area (Å²) < 4.78 is 29.9. The SMILES string of the molecule is Cc1cc(S(=O)(=O)NC(=O)c2ccc(N3CCN(CC4=C(C56CC(C)(C5)C6)CC(C)(C)CC4)CC3)cc2)ccc1N[C@H](CCN1CC[C@H](C(=O)NCCCCCCC(=O)N[C@H](C(=O)N2C[C@H](O)C[C@H]2C(=O)N[C@@H](C)c2ccc(-c3scnc3C)cc2)C(C)(C)C)C1)CSc1ccccc1. The number of rotatable bonds is 29. The quantitative estimate of drug-likeness (QED) is 0.0149. The van der Waals surface area contributed by atoms with Gasteiger partial charge < -0.3 is 41.1 Å². The zero-order valence-corrected chi connectivity index (χ0v) is 62.2. The number of unbranched alkanes of at least 4 members (excludes halogenated alkanes) is 3. The van der Waals surface area contributed by atoms with Crippen molar-refractivity contribution in [1.29, 1.82) is 0 Å². The number of carbonyl (C=O) groups is 5. The Bertz CT molecular complexity index is 3810. The molecule has 12 rings (SSSR count). The molecule has 3 saturated carbocycles. The Labute approximate surface area is 596 Å². The van der Waals surface area contributed by atoms with Crippen LogP contribution >= 0.6 is 23.1 Å². The molecule has 1 aromatic heterocycles. The van der Waals surface area contributed by atoms with Crippen LogP contribution in [0, 0.1) is 41.4 Å². The highest BCUT2D eigenvalue weighted by Crippen LogP contribution is 2.77. The van der Waals surface area contributed by atoms with Gasteiger partial charge in [-0.2, -0.15) is 0 Å². The molecule has 3 saturated heterocycles. The van der Waals surface area contributed by atoms with Crippen molar-refractivity contribution >= 4 is 74.0 Å². The third kappa shape index (κ3) is 18.4. The van der Waals surface area contributed by atoms with Crippen LogP contribution in [0.2, 0.25) is 0 Å². The molecule has 6 fully saturated rings. The summed E-state index contributed by atoms with van der Waals surface area (Å²) in [5, 5.41) is 23.7. The lowest BCUT2D eigenvalue weighted by atomic mass is 9.33. The average Bonchev–Trinajstić information content (AvgIpc) is 1.27. The number of aliphatic hydroxyl groups excluding tert-OH is 1. The molecule has 6 N–H and O–H groups in total. The molecule has 21 heteroatoms. The Morgan fingerprint density at radius 1 is 0.818 bits per heavy atom. The lowest BCUT2D eigenvalue weighted by molar-refractivity contribution is -0.167. The van der Waals surface area contributed by atoms with Crippen molar-refractivity contribution in [2.45, 2.75) is 192 Å². The van der Waals surface area contributed by atoms with E-state index < -0.39 is 45.4 Å². The van der Waals surface area contributed by atoms with E-state index in [2.05, 4.69) is 78.6 Å². The highest BCUT2D eigenvalue weighted by atomic mass is 32.2. The molecular formula is C78H106N10O8S3. The van der Waals surface area contributed by atoms with Gasteiger partial charge in [-0.15, -0.1) is 23.1 Å². The van der Waals surface area contributed by atoms with Gasteiger partial charge in [-0.05, 0) is 184 Å². The first-order valence-corrected chi connectivity index (χ1v) is 39.5. The van der Waals surface area contributed by atoms with Gasteiger partial charge >= 0.3 is 0 Å². The van der Waals surface area contributed by atoms with E-state index in [0.29, 0.717) is 35.8 Å². The van der Waals surface area contributed by atoms with Crippen LogP contribution in [-0.4, -0.2) is 158 Å². The van der Waals surface area contributed by atoms with E-state index in [1.165, 1.54) is 43.4 Å². The second-order valence-electron chi connectivity index (χ2n) is 31.6. The monoisotopic (exact) mass is 1410 g/mol. The van der Waals surface area contributed by atoms with Crippen molar-refractivity contribution in [2.75, 3.05) is 81.4 Å². The Kier molecular flexibility index (Phi) is 23.3. The lowest BCUT2D eigenvalue weighted by Gasteiger charge is -2.72. The number of nitrogens with zero attached hydrogens (tertiary/aromatic N) is 5. The topological polar surface area (TPSA) is 226 Å². The van der Waals surface area contributed by atoms with Crippen molar-refractivity contribution in [3.05, 3.63) is 136 Å². The van der Waals surface area contributed by atoms with Gasteiger partial charge in [0.15, 0.2) is 0 Å². The van der Waals surface area contributed by atoms with E-state index in [1.54, 1.807) is 64.6 Å². The molecule has 4 aromatic carbocycles. The molecular weight excluding hydrogens is 1300 g/mol. The maximum atomic E-state index is 14.3. The molecule has 0 unspecified atom stereocenters. The number of aryl methyl sites for hydroxylation is 2. The zero-order chi connectivity index (χ0) is 70.4. The smallest absolute Gasteiger partial charge is 0.264 e. The number of thiazole rings is 1. The van der Waals surface area contributed by atoms with Crippen molar-refractivity contribution < 1.29 is 37.5 Å². The van der Waals surface area contributed by atoms with Crippen LogP contribution in [-0.2, 0) is 29.2 Å². The minimum atomic E-state index is -4.19. The summed E-state index contributed by atoms with van der Waals surface area (Å²) >= 11 is 3.33. The summed E-state index contributed by atoms with van der Waals surface area (Å²) in [6, 6.07) is 28.3. The summed E-state index contributed by atoms with van der Waals surface area (Å²) in [7, 11) is -4.19. The number of β-amino-alcohol motifs (C(OH)–C–C–N with tert-alkyl or cyclic N) is 1. The summed E-state index contributed by atoms with van der Waals surface area (Å²) in [5.41, 5.74) is 11.9. The fourth-order valence-electron chi connectivity index (χ4n) is 16.2. The van der Waals surface area contributed by atoms with Crippen LogP contribution in [0.25, 0.3) is 10.4 Å². The minimum Gasteiger partial charge on any atom is -0.391 e. The number of likely N-dealkylation sites (tertiary alicyclic amines) is 2. The Hall–Kier alpha value is -6.62. The first-order valence-electron chi connectivity index (χ1n) is 36.1.